The molecule has 12 nitrogen and oxygen atoms in total. The molecule has 1 saturated heterocycles. The number of rotatable bonds is 12. The van der Waals surface area contributed by atoms with Gasteiger partial charge in [0, 0.05) is 13.1 Å². The number of esters is 1. The molecule has 9 rings (SSSR count). The van der Waals surface area contributed by atoms with Gasteiger partial charge in [-0.05, 0) is 113 Å². The molecule has 8 saturated carbocycles. The van der Waals surface area contributed by atoms with E-state index in [0.29, 0.717) is 35.5 Å². The number of nitrogens with zero attached hydrogens (tertiary/aromatic N) is 2. The molecule has 0 aromatic heterocycles. The molecular weight excluding hydrogens is 596 g/mol. The van der Waals surface area contributed by atoms with Gasteiger partial charge >= 0.3 is 5.97 Å². The summed E-state index contributed by atoms with van der Waals surface area (Å²) in [5.74, 6) is 3.32. The Morgan fingerprint density at radius 2 is 1.30 bits per heavy atom. The first-order valence-corrected chi connectivity index (χ1v) is 17.5. The first-order valence-electron chi connectivity index (χ1n) is 17.5. The van der Waals surface area contributed by atoms with Crippen molar-refractivity contribution in [2.24, 2.45) is 45.5 Å². The third-order valence-corrected chi connectivity index (χ3v) is 12.3. The Morgan fingerprint density at radius 3 is 1.74 bits per heavy atom. The molecule has 0 aromatic carbocycles. The lowest BCUT2D eigenvalue weighted by atomic mass is 9.53. The number of hydrogen-bond donors (Lipinski definition) is 5. The van der Waals surface area contributed by atoms with Crippen LogP contribution in [0.25, 0.3) is 0 Å². The second-order valence-corrected chi connectivity index (χ2v) is 16.0. The van der Waals surface area contributed by atoms with E-state index in [9.17, 15) is 30.3 Å². The zero-order valence-electron chi connectivity index (χ0n) is 26.8. The molecule has 8 aliphatic carbocycles. The van der Waals surface area contributed by atoms with Crippen molar-refractivity contribution in [1.29, 1.82) is 0 Å². The van der Waals surface area contributed by atoms with Crippen LogP contribution >= 0.6 is 0 Å². The molecule has 258 valence electrons. The normalized spacial score (nSPS) is 47.9. The van der Waals surface area contributed by atoms with Crippen LogP contribution in [0.5, 0.6) is 0 Å². The predicted molar refractivity (Wildman–Crippen MR) is 165 cm³/mol. The average molecular weight is 649 g/mol. The highest BCUT2D eigenvalue weighted by Crippen LogP contribution is 2.58. The lowest BCUT2D eigenvalue weighted by Crippen LogP contribution is -2.61. The van der Waals surface area contributed by atoms with Crippen molar-refractivity contribution in [2.45, 2.75) is 144 Å². The molecule has 0 spiro atoms. The van der Waals surface area contributed by atoms with Gasteiger partial charge in [0.25, 0.3) is 0 Å². The van der Waals surface area contributed by atoms with Gasteiger partial charge in [0.05, 0.1) is 30.5 Å². The molecule has 1 heterocycles. The van der Waals surface area contributed by atoms with Crippen LogP contribution in [0.2, 0.25) is 0 Å². The van der Waals surface area contributed by atoms with Crippen molar-refractivity contribution in [3.8, 4) is 0 Å². The molecule has 0 unspecified atom stereocenters. The van der Waals surface area contributed by atoms with Gasteiger partial charge in [0.15, 0.2) is 18.7 Å². The van der Waals surface area contributed by atoms with Gasteiger partial charge in [0.1, 0.15) is 30.5 Å². The van der Waals surface area contributed by atoms with Gasteiger partial charge in [-0.3, -0.25) is 14.8 Å². The second kappa shape index (κ2) is 13.1. The molecule has 8 atom stereocenters. The molecule has 9 fully saturated rings. The van der Waals surface area contributed by atoms with E-state index in [1.165, 1.54) is 44.7 Å². The summed E-state index contributed by atoms with van der Waals surface area (Å²) < 4.78 is 23.1. The highest BCUT2D eigenvalue weighted by Gasteiger charge is 2.53. The maximum atomic E-state index is 11.8. The quantitative estimate of drug-likeness (QED) is 0.118. The number of hydrogen-bond acceptors (Lipinski definition) is 12. The van der Waals surface area contributed by atoms with Crippen LogP contribution < -0.4 is 0 Å². The zero-order chi connectivity index (χ0) is 32.2. The fourth-order valence-corrected chi connectivity index (χ4v) is 11.2. The lowest BCUT2D eigenvalue weighted by Gasteiger charge is -2.55. The van der Waals surface area contributed by atoms with Crippen LogP contribution in [-0.2, 0) is 23.7 Å². The largest absolute Gasteiger partial charge is 0.457 e. The Bertz CT molecular complexity index is 1090. The highest BCUT2D eigenvalue weighted by molar-refractivity contribution is 5.66. The predicted octanol–water partition coefficient (Wildman–Crippen LogP) is 1.52. The number of carbonyl (C=O) groups excluding carboxylic acids is 1. The third kappa shape index (κ3) is 6.70. The molecule has 12 heteroatoms. The molecule has 5 N–H and O–H groups in total. The summed E-state index contributed by atoms with van der Waals surface area (Å²) >= 11 is 0. The number of aliphatic hydroxyl groups is 5. The maximum Gasteiger partial charge on any atom is 0.303 e. The fraction of sp³-hybridized carbons (Fsp3) is 0.912. The number of aliphatic hydroxyl groups excluding tert-OH is 5. The second-order valence-electron chi connectivity index (χ2n) is 16.0. The first-order chi connectivity index (χ1) is 22.0. The van der Waals surface area contributed by atoms with Crippen molar-refractivity contribution >= 4 is 18.4 Å². The molecule has 0 aromatic rings. The van der Waals surface area contributed by atoms with Crippen LogP contribution in [0.3, 0.4) is 0 Å². The van der Waals surface area contributed by atoms with E-state index in [1.807, 2.05) is 0 Å². The Hall–Kier alpha value is -1.51. The van der Waals surface area contributed by atoms with Crippen molar-refractivity contribution in [2.75, 3.05) is 13.2 Å². The lowest BCUT2D eigenvalue weighted by molar-refractivity contribution is -0.315. The molecular formula is C34H52N2O10. The van der Waals surface area contributed by atoms with Crippen LogP contribution in [0, 0.1) is 35.5 Å². The SMILES string of the molecule is CC(=O)O[C@H]1[C@H](O)[C@@H](O[C@H](C=NC23CC4CC(CC(C4)C2)C3)[C@@H](CO)O[C@H](O)C=NC23CC4CC(CC(C4)C2)C3)O[C@@H](CO)[C@@H]1O. The van der Waals surface area contributed by atoms with E-state index in [2.05, 4.69) is 0 Å². The molecule has 8 bridgehead atoms. The van der Waals surface area contributed by atoms with Gasteiger partial charge in [0.2, 0.25) is 0 Å². The highest BCUT2D eigenvalue weighted by atomic mass is 16.7. The summed E-state index contributed by atoms with van der Waals surface area (Å²) in [6.07, 6.45) is 5.91. The minimum absolute atomic E-state index is 0.157. The van der Waals surface area contributed by atoms with E-state index >= 15 is 0 Å². The average Bonchev–Trinajstić information content (AvgIpc) is 2.99. The maximum absolute atomic E-state index is 11.8. The Morgan fingerprint density at radius 1 is 0.826 bits per heavy atom. The van der Waals surface area contributed by atoms with Crippen molar-refractivity contribution < 1.29 is 49.3 Å². The molecule has 1 aliphatic heterocycles. The summed E-state index contributed by atoms with van der Waals surface area (Å²) in [4.78, 5) is 21.8. The van der Waals surface area contributed by atoms with Gasteiger partial charge < -0.3 is 44.5 Å². The molecule has 0 amide bonds. The van der Waals surface area contributed by atoms with E-state index in [0.717, 1.165) is 45.4 Å². The van der Waals surface area contributed by atoms with Gasteiger partial charge in [-0.2, -0.15) is 0 Å². The minimum atomic E-state index is -1.61. The van der Waals surface area contributed by atoms with Crippen LogP contribution in [0.1, 0.15) is 84.0 Å². The van der Waals surface area contributed by atoms with E-state index < -0.39 is 68.4 Å². The number of ether oxygens (including phenoxy) is 4. The smallest absolute Gasteiger partial charge is 0.303 e. The topological polar surface area (TPSA) is 180 Å². The van der Waals surface area contributed by atoms with Crippen molar-refractivity contribution in [3.63, 3.8) is 0 Å². The van der Waals surface area contributed by atoms with Crippen LogP contribution in [-0.4, -0.2) is 117 Å². The minimum Gasteiger partial charge on any atom is -0.457 e. The summed E-state index contributed by atoms with van der Waals surface area (Å²) in [6.45, 7) is 0.000680. The fourth-order valence-electron chi connectivity index (χ4n) is 11.2. The molecule has 46 heavy (non-hydrogen) atoms. The third-order valence-electron chi connectivity index (χ3n) is 12.3. The van der Waals surface area contributed by atoms with E-state index in [4.69, 9.17) is 28.9 Å². The number of carbonyl (C=O) groups is 1. The zero-order valence-corrected chi connectivity index (χ0v) is 26.8. The van der Waals surface area contributed by atoms with Crippen molar-refractivity contribution in [1.82, 2.24) is 0 Å². The Kier molecular flexibility index (Phi) is 9.38. The molecule has 9 aliphatic rings. The summed E-state index contributed by atoms with van der Waals surface area (Å²) in [5.41, 5.74) is -0.388. The monoisotopic (exact) mass is 648 g/mol. The standard InChI is InChI=1S/C34H52N2O10/c1-18(39)43-31-29(41)27(17-38)46-32(30(31)42)45-25(14-35-33-8-19-2-20(9-33)4-21(3-19)10-33)26(16-37)44-28(40)15-36-34-11-22-5-23(12-34)7-24(6-22)13-34/h14-15,19-32,37-38,40-42H,2-13,16-17H2,1H3/t19?,20?,21?,22?,23?,24?,25-,26-,27+,28+,29+,30+,31-,32+,33?,34?/m1/s1. The van der Waals surface area contributed by atoms with Gasteiger partial charge in [-0.15, -0.1) is 0 Å². The summed E-state index contributed by atoms with van der Waals surface area (Å²) in [7, 11) is 0. The molecule has 0 radical (unpaired) electrons. The van der Waals surface area contributed by atoms with E-state index in [1.54, 1.807) is 6.21 Å². The summed E-state index contributed by atoms with van der Waals surface area (Å²) in [5, 5.41) is 53.1. The van der Waals surface area contributed by atoms with Crippen LogP contribution in [0.4, 0.5) is 0 Å². The van der Waals surface area contributed by atoms with E-state index in [-0.39, 0.29) is 11.1 Å². The van der Waals surface area contributed by atoms with Gasteiger partial charge in [-0.25, -0.2) is 0 Å². The summed E-state index contributed by atoms with van der Waals surface area (Å²) in [6, 6.07) is 0. The van der Waals surface area contributed by atoms with Crippen LogP contribution in [0.15, 0.2) is 9.98 Å². The number of aliphatic imine (C=N–C) groups is 2. The Balaban J connectivity index is 1.10. The van der Waals surface area contributed by atoms with Crippen molar-refractivity contribution in [3.05, 3.63) is 0 Å². The first kappa shape index (κ1) is 33.0. The van der Waals surface area contributed by atoms with Gasteiger partial charge in [-0.1, -0.05) is 0 Å². The Labute approximate surface area is 270 Å².